The van der Waals surface area contributed by atoms with E-state index in [2.05, 4.69) is 42.8 Å². The first-order chi connectivity index (χ1) is 11.3. The quantitative estimate of drug-likeness (QED) is 0.898. The minimum atomic E-state index is 0.504. The molecule has 2 saturated heterocycles. The molecule has 0 aliphatic carbocycles. The zero-order chi connectivity index (χ0) is 15.6. The minimum absolute atomic E-state index is 0.504. The van der Waals surface area contributed by atoms with Crippen molar-refractivity contribution in [2.45, 2.75) is 12.5 Å². The lowest BCUT2D eigenvalue weighted by atomic mass is 10.2. The molecule has 0 amide bonds. The van der Waals surface area contributed by atoms with Crippen LogP contribution < -0.4 is 4.90 Å². The first-order valence-corrected chi connectivity index (χ1v) is 8.34. The van der Waals surface area contributed by atoms with Crippen LogP contribution in [0.2, 0.25) is 0 Å². The molecule has 0 aromatic carbocycles. The maximum atomic E-state index is 5.43. The molecule has 1 atom stereocenters. The fraction of sp³-hybridized carbons (Fsp3) is 0.625. The van der Waals surface area contributed by atoms with Gasteiger partial charge < -0.3 is 14.6 Å². The van der Waals surface area contributed by atoms with Gasteiger partial charge in [0.25, 0.3) is 0 Å². The lowest BCUT2D eigenvalue weighted by Crippen LogP contribution is -2.44. The van der Waals surface area contributed by atoms with Crippen molar-refractivity contribution in [2.24, 2.45) is 0 Å². The van der Waals surface area contributed by atoms with Crippen LogP contribution in [0, 0.1) is 0 Å². The van der Waals surface area contributed by atoms with Crippen LogP contribution in [0.15, 0.2) is 18.6 Å². The second-order valence-corrected chi connectivity index (χ2v) is 6.44. The number of ether oxygens (including phenoxy) is 1. The van der Waals surface area contributed by atoms with Gasteiger partial charge in [-0.05, 0) is 12.5 Å². The predicted octanol–water partition coefficient (Wildman–Crippen LogP) is 0.758. The third-order valence-corrected chi connectivity index (χ3v) is 4.97. The summed E-state index contributed by atoms with van der Waals surface area (Å²) in [5, 5.41) is 1.10. The largest absolute Gasteiger partial charge is 0.379 e. The van der Waals surface area contributed by atoms with Crippen molar-refractivity contribution in [3.63, 3.8) is 0 Å². The highest BCUT2D eigenvalue weighted by atomic mass is 16.5. The van der Waals surface area contributed by atoms with Crippen molar-refractivity contribution >= 4 is 16.9 Å². The van der Waals surface area contributed by atoms with Crippen LogP contribution in [0.25, 0.3) is 11.0 Å². The summed E-state index contributed by atoms with van der Waals surface area (Å²) in [5.74, 6) is 1.02. The number of rotatable bonds is 4. The summed E-state index contributed by atoms with van der Waals surface area (Å²) in [5.41, 5.74) is 0.907. The van der Waals surface area contributed by atoms with Crippen molar-refractivity contribution in [1.29, 1.82) is 0 Å². The van der Waals surface area contributed by atoms with E-state index in [1.807, 2.05) is 6.20 Å². The molecule has 0 spiro atoms. The summed E-state index contributed by atoms with van der Waals surface area (Å²) in [7, 11) is 2.15. The van der Waals surface area contributed by atoms with E-state index in [0.717, 1.165) is 62.9 Å². The van der Waals surface area contributed by atoms with Gasteiger partial charge in [-0.2, -0.15) is 0 Å². The molecule has 2 aromatic rings. The minimum Gasteiger partial charge on any atom is -0.379 e. The number of hydrogen-bond acceptors (Lipinski definition) is 6. The van der Waals surface area contributed by atoms with Gasteiger partial charge in [0.15, 0.2) is 0 Å². The van der Waals surface area contributed by atoms with Crippen LogP contribution in [0.5, 0.6) is 0 Å². The molecule has 2 aliphatic heterocycles. The Bertz CT molecular complexity index is 653. The van der Waals surface area contributed by atoms with Crippen LogP contribution in [0.1, 0.15) is 6.42 Å². The van der Waals surface area contributed by atoms with E-state index < -0.39 is 0 Å². The number of anilines is 1. The average molecular weight is 316 g/mol. The monoisotopic (exact) mass is 316 g/mol. The summed E-state index contributed by atoms with van der Waals surface area (Å²) >= 11 is 0. The van der Waals surface area contributed by atoms with Crippen molar-refractivity contribution in [3.8, 4) is 0 Å². The van der Waals surface area contributed by atoms with Gasteiger partial charge in [0.05, 0.1) is 25.3 Å². The molecule has 2 aliphatic rings. The third kappa shape index (κ3) is 3.04. The van der Waals surface area contributed by atoms with Crippen LogP contribution >= 0.6 is 0 Å². The number of likely N-dealkylation sites (N-methyl/N-ethyl adjacent to an activating group) is 1. The van der Waals surface area contributed by atoms with Gasteiger partial charge in [0.2, 0.25) is 0 Å². The van der Waals surface area contributed by atoms with Gasteiger partial charge in [0, 0.05) is 45.5 Å². The molecule has 4 rings (SSSR count). The Balaban J connectivity index is 1.41. The van der Waals surface area contributed by atoms with E-state index in [-0.39, 0.29) is 0 Å². The molecule has 0 unspecified atom stereocenters. The second kappa shape index (κ2) is 6.43. The number of H-pyrrole nitrogens is 1. The molecule has 7 nitrogen and oxygen atoms in total. The maximum absolute atomic E-state index is 5.43. The Morgan fingerprint density at radius 1 is 1.26 bits per heavy atom. The maximum Gasteiger partial charge on any atom is 0.142 e. The Morgan fingerprint density at radius 2 is 2.13 bits per heavy atom. The number of likely N-dealkylation sites (tertiary alicyclic amines) is 1. The van der Waals surface area contributed by atoms with Gasteiger partial charge in [0.1, 0.15) is 17.8 Å². The highest BCUT2D eigenvalue weighted by molar-refractivity contribution is 5.87. The zero-order valence-corrected chi connectivity index (χ0v) is 13.6. The molecule has 0 radical (unpaired) electrons. The fourth-order valence-electron chi connectivity index (χ4n) is 3.59. The molecule has 2 aromatic heterocycles. The Hall–Kier alpha value is -1.70. The lowest BCUT2D eigenvalue weighted by Gasteiger charge is -2.31. The van der Waals surface area contributed by atoms with Gasteiger partial charge >= 0.3 is 0 Å². The van der Waals surface area contributed by atoms with Crippen molar-refractivity contribution in [2.75, 3.05) is 58.0 Å². The molecule has 7 heteroatoms. The fourth-order valence-corrected chi connectivity index (χ4v) is 3.59. The molecule has 23 heavy (non-hydrogen) atoms. The number of nitrogens with one attached hydrogen (secondary N) is 1. The normalized spacial score (nSPS) is 23.6. The Kier molecular flexibility index (Phi) is 4.15. The summed E-state index contributed by atoms with van der Waals surface area (Å²) in [6, 6.07) is 2.56. The summed E-state index contributed by atoms with van der Waals surface area (Å²) in [6.07, 6.45) is 4.75. The first-order valence-electron chi connectivity index (χ1n) is 8.34. The molecule has 0 saturated carbocycles. The average Bonchev–Trinajstić information content (AvgIpc) is 3.24. The second-order valence-electron chi connectivity index (χ2n) is 6.44. The van der Waals surface area contributed by atoms with Crippen LogP contribution in [0.3, 0.4) is 0 Å². The van der Waals surface area contributed by atoms with Gasteiger partial charge in [-0.25, -0.2) is 9.97 Å². The summed E-state index contributed by atoms with van der Waals surface area (Å²) in [6.45, 7) is 7.11. The van der Waals surface area contributed by atoms with Crippen LogP contribution in [-0.4, -0.2) is 83.9 Å². The van der Waals surface area contributed by atoms with Crippen molar-refractivity contribution in [3.05, 3.63) is 18.6 Å². The van der Waals surface area contributed by atoms with E-state index in [0.29, 0.717) is 6.04 Å². The van der Waals surface area contributed by atoms with E-state index in [4.69, 9.17) is 4.74 Å². The van der Waals surface area contributed by atoms with Gasteiger partial charge in [-0.3, -0.25) is 9.80 Å². The van der Waals surface area contributed by atoms with E-state index in [1.54, 1.807) is 6.33 Å². The Labute approximate surface area is 136 Å². The first kappa shape index (κ1) is 14.9. The molecule has 1 N–H and O–H groups in total. The van der Waals surface area contributed by atoms with Crippen molar-refractivity contribution in [1.82, 2.24) is 24.8 Å². The number of fused-ring (bicyclic) bond motifs is 1. The highest BCUT2D eigenvalue weighted by Crippen LogP contribution is 2.25. The highest BCUT2D eigenvalue weighted by Gasteiger charge is 2.28. The van der Waals surface area contributed by atoms with Gasteiger partial charge in [-0.15, -0.1) is 0 Å². The Morgan fingerprint density at radius 3 is 3.00 bits per heavy atom. The van der Waals surface area contributed by atoms with E-state index in [1.165, 1.54) is 6.42 Å². The predicted molar refractivity (Wildman–Crippen MR) is 89.5 cm³/mol. The SMILES string of the molecule is CN(c1ncnc2[nH]ccc12)[C@@H]1CCN(CN2CCOCC2)C1. The number of aromatic amines is 1. The molecule has 4 heterocycles. The number of hydrogen-bond donors (Lipinski definition) is 1. The standard InChI is InChI=1S/C16H24N6O/c1-20(16-14-2-4-17-15(14)18-11-19-16)13-3-5-22(10-13)12-21-6-8-23-9-7-21/h2,4,11,13H,3,5-10,12H2,1H3,(H,17,18,19)/t13-/m1/s1. The number of nitrogens with zero attached hydrogens (tertiary/aromatic N) is 5. The summed E-state index contributed by atoms with van der Waals surface area (Å²) in [4.78, 5) is 19.3. The van der Waals surface area contributed by atoms with E-state index in [9.17, 15) is 0 Å². The molecule has 0 bridgehead atoms. The molecule has 2 fully saturated rings. The third-order valence-electron chi connectivity index (χ3n) is 4.97. The smallest absolute Gasteiger partial charge is 0.142 e. The van der Waals surface area contributed by atoms with Crippen LogP contribution in [-0.2, 0) is 4.74 Å². The van der Waals surface area contributed by atoms with Gasteiger partial charge in [-0.1, -0.05) is 0 Å². The number of aromatic nitrogens is 3. The van der Waals surface area contributed by atoms with E-state index >= 15 is 0 Å². The van der Waals surface area contributed by atoms with Crippen LogP contribution in [0.4, 0.5) is 5.82 Å². The summed E-state index contributed by atoms with van der Waals surface area (Å²) < 4.78 is 5.43. The van der Waals surface area contributed by atoms with Crippen molar-refractivity contribution < 1.29 is 4.74 Å². The zero-order valence-electron chi connectivity index (χ0n) is 13.6. The molecular formula is C16H24N6O. The topological polar surface area (TPSA) is 60.5 Å². The molecule has 124 valence electrons. The number of morpholine rings is 1. The lowest BCUT2D eigenvalue weighted by molar-refractivity contribution is 0.0141. The molecular weight excluding hydrogens is 292 g/mol.